The molecule has 0 spiro atoms. The molecule has 0 unspecified atom stereocenters. The summed E-state index contributed by atoms with van der Waals surface area (Å²) in [5.74, 6) is 0. The predicted octanol–water partition coefficient (Wildman–Crippen LogP) is 19.9. The fourth-order valence-electron chi connectivity index (χ4n) is 10.7. The second-order valence-corrected chi connectivity index (χ2v) is 18.9. The molecule has 0 aromatic heterocycles. The van der Waals surface area contributed by atoms with Gasteiger partial charge >= 0.3 is 0 Å². The molecule has 0 fully saturated rings. The molecule has 0 nitrogen and oxygen atoms in total. The first-order chi connectivity index (χ1) is 33.6. The summed E-state index contributed by atoms with van der Waals surface area (Å²) < 4.78 is 0. The lowest BCUT2D eigenvalue weighted by Gasteiger charge is -2.17. The standard InChI is InChI=1S/C42H28.C25H26.C2H6/c1-26-6-8-28(9-7-26)36-19-14-30-17-23-40-37(20-15-31-16-22-39(36)41(30)42(31)40)29-12-10-27(11-13-29)32-18-21-38-34(24-32)25-33-4-2-3-5-35(33)38;1-7-20(11-8-16(2)3)22-14-10-18(5)24-23(22)15-13-21-12-9-17(4)19(6)25(21)24;1-2/h2-24H,25H2,1H3;7-15H,1H2,2-6H3;1-2H3/b;20-11+;. The van der Waals surface area contributed by atoms with Gasteiger partial charge in [-0.25, -0.2) is 0 Å². The number of aryl methyl sites for hydroxylation is 4. The van der Waals surface area contributed by atoms with Crippen molar-refractivity contribution in [3.05, 3.63) is 245 Å². The third-order valence-electron chi connectivity index (χ3n) is 14.4. The average molecular weight is 889 g/mol. The van der Waals surface area contributed by atoms with E-state index in [1.165, 1.54) is 143 Å². The maximum Gasteiger partial charge on any atom is -0.00132 e. The lowest BCUT2D eigenvalue weighted by Crippen LogP contribution is -1.92. The summed E-state index contributed by atoms with van der Waals surface area (Å²) in [5, 5.41) is 13.3. The van der Waals surface area contributed by atoms with Crippen molar-refractivity contribution < 1.29 is 0 Å². The van der Waals surface area contributed by atoms with Gasteiger partial charge in [0.15, 0.2) is 0 Å². The third kappa shape index (κ3) is 8.15. The maximum atomic E-state index is 4.04. The van der Waals surface area contributed by atoms with Crippen molar-refractivity contribution >= 4 is 59.4 Å². The largest absolute Gasteiger partial charge is 0.0984 e. The van der Waals surface area contributed by atoms with Crippen molar-refractivity contribution in [2.75, 3.05) is 0 Å². The van der Waals surface area contributed by atoms with Crippen LogP contribution in [0.15, 0.2) is 206 Å². The molecule has 12 rings (SSSR count). The minimum absolute atomic E-state index is 1.02. The van der Waals surface area contributed by atoms with Crippen molar-refractivity contribution in [1.82, 2.24) is 0 Å². The van der Waals surface area contributed by atoms with Crippen LogP contribution in [0, 0.1) is 27.7 Å². The zero-order valence-corrected chi connectivity index (χ0v) is 41.4. The third-order valence-corrected chi connectivity index (χ3v) is 14.4. The van der Waals surface area contributed by atoms with Gasteiger partial charge in [0, 0.05) is 0 Å². The van der Waals surface area contributed by atoms with Crippen LogP contribution in [0.5, 0.6) is 0 Å². The number of benzene rings is 11. The second kappa shape index (κ2) is 18.7. The Hall–Kier alpha value is -7.80. The van der Waals surface area contributed by atoms with Gasteiger partial charge < -0.3 is 0 Å². The van der Waals surface area contributed by atoms with Gasteiger partial charge in [-0.15, -0.1) is 0 Å². The topological polar surface area (TPSA) is 0 Å². The van der Waals surface area contributed by atoms with Crippen molar-refractivity contribution in [3.8, 4) is 44.5 Å². The Kier molecular flexibility index (Phi) is 12.2. The summed E-state index contributed by atoms with van der Waals surface area (Å²) in [6.45, 7) is 21.1. The van der Waals surface area contributed by atoms with E-state index in [2.05, 4.69) is 236 Å². The highest BCUT2D eigenvalue weighted by Gasteiger charge is 2.19. The van der Waals surface area contributed by atoms with Gasteiger partial charge in [0.2, 0.25) is 0 Å². The van der Waals surface area contributed by atoms with E-state index in [9.17, 15) is 0 Å². The molecule has 0 saturated heterocycles. The molecule has 0 radical (unpaired) electrons. The first kappa shape index (κ1) is 45.0. The fraction of sp³-hybridized carbons (Fsp3) is 0.130. The van der Waals surface area contributed by atoms with E-state index < -0.39 is 0 Å². The molecule has 0 atom stereocenters. The Labute approximate surface area is 409 Å². The van der Waals surface area contributed by atoms with E-state index >= 15 is 0 Å². The smallest absolute Gasteiger partial charge is 0.00132 e. The molecule has 0 heterocycles. The number of hydrogen-bond donors (Lipinski definition) is 0. The summed E-state index contributed by atoms with van der Waals surface area (Å²) in [6.07, 6.45) is 7.29. The molecule has 1 aliphatic carbocycles. The second-order valence-electron chi connectivity index (χ2n) is 18.9. The number of fused-ring (bicyclic) bond motifs is 6. The molecule has 0 amide bonds. The van der Waals surface area contributed by atoms with Crippen molar-refractivity contribution in [1.29, 1.82) is 0 Å². The van der Waals surface area contributed by atoms with Gasteiger partial charge in [0.05, 0.1) is 0 Å². The molecule has 0 aliphatic heterocycles. The van der Waals surface area contributed by atoms with Crippen LogP contribution in [0.1, 0.15) is 66.6 Å². The number of hydrogen-bond acceptors (Lipinski definition) is 0. The first-order valence-corrected chi connectivity index (χ1v) is 24.6. The SMILES string of the molecule is C=C/C(=C\C=C(C)C)c1ccc(C)c2c1ccc1ccc(C)c(C)c12.CC.Cc1ccc(-c2ccc3ccc4c(-c5ccc(-c6ccc7c(c6)Cc6ccccc6-7)cc5)ccc5ccc2c3c54)cc1. The van der Waals surface area contributed by atoms with Crippen LogP contribution in [0.25, 0.3) is 104 Å². The van der Waals surface area contributed by atoms with E-state index in [1.807, 2.05) is 19.9 Å². The Balaban J connectivity index is 0.000000176. The van der Waals surface area contributed by atoms with E-state index in [0.717, 1.165) is 12.0 Å². The van der Waals surface area contributed by atoms with Crippen LogP contribution >= 0.6 is 0 Å². The van der Waals surface area contributed by atoms with Crippen molar-refractivity contribution in [3.63, 3.8) is 0 Å². The minimum atomic E-state index is 1.02. The van der Waals surface area contributed by atoms with E-state index in [4.69, 9.17) is 0 Å². The summed E-state index contributed by atoms with van der Waals surface area (Å²) in [5.41, 5.74) is 22.3. The maximum absolute atomic E-state index is 4.04. The van der Waals surface area contributed by atoms with Gasteiger partial charge in [-0.3, -0.25) is 0 Å². The lowest BCUT2D eigenvalue weighted by atomic mass is 9.87. The number of rotatable bonds is 6. The summed E-state index contributed by atoms with van der Waals surface area (Å²) in [7, 11) is 0. The Morgan fingerprint density at radius 3 is 1.57 bits per heavy atom. The lowest BCUT2D eigenvalue weighted by molar-refractivity contribution is 1.26. The van der Waals surface area contributed by atoms with Crippen LogP contribution in [0.2, 0.25) is 0 Å². The first-order valence-electron chi connectivity index (χ1n) is 24.6. The Morgan fingerprint density at radius 2 is 0.928 bits per heavy atom. The summed E-state index contributed by atoms with van der Waals surface area (Å²) >= 11 is 0. The zero-order valence-electron chi connectivity index (χ0n) is 41.4. The molecule has 69 heavy (non-hydrogen) atoms. The van der Waals surface area contributed by atoms with Gasteiger partial charge in [-0.2, -0.15) is 0 Å². The highest BCUT2D eigenvalue weighted by molar-refractivity contribution is 6.27. The highest BCUT2D eigenvalue weighted by atomic mass is 14.2. The van der Waals surface area contributed by atoms with Crippen LogP contribution in [-0.4, -0.2) is 0 Å². The minimum Gasteiger partial charge on any atom is -0.0984 e. The highest BCUT2D eigenvalue weighted by Crippen LogP contribution is 2.44. The molecular formula is C69H60. The summed E-state index contributed by atoms with van der Waals surface area (Å²) in [4.78, 5) is 0. The molecule has 11 aromatic rings. The average Bonchev–Trinajstić information content (AvgIpc) is 3.76. The molecule has 0 heteroatoms. The molecular weight excluding hydrogens is 829 g/mol. The van der Waals surface area contributed by atoms with Crippen LogP contribution in [-0.2, 0) is 6.42 Å². The van der Waals surface area contributed by atoms with E-state index in [0.29, 0.717) is 0 Å². The van der Waals surface area contributed by atoms with Crippen molar-refractivity contribution in [2.45, 2.75) is 61.8 Å². The molecule has 0 saturated carbocycles. The van der Waals surface area contributed by atoms with Crippen molar-refractivity contribution in [2.24, 2.45) is 0 Å². The molecule has 336 valence electrons. The number of allylic oxidation sites excluding steroid dienone is 5. The zero-order chi connectivity index (χ0) is 47.9. The van der Waals surface area contributed by atoms with Crippen LogP contribution in [0.4, 0.5) is 0 Å². The van der Waals surface area contributed by atoms with Gasteiger partial charge in [-0.1, -0.05) is 226 Å². The Morgan fingerprint density at radius 1 is 0.420 bits per heavy atom. The Bertz CT molecular complexity index is 3810. The van der Waals surface area contributed by atoms with Crippen LogP contribution in [0.3, 0.4) is 0 Å². The van der Waals surface area contributed by atoms with Gasteiger partial charge in [0.1, 0.15) is 0 Å². The molecule has 11 aromatic carbocycles. The molecule has 0 N–H and O–H groups in total. The molecule has 0 bridgehead atoms. The van der Waals surface area contributed by atoms with Gasteiger partial charge in [-0.05, 0) is 185 Å². The normalized spacial score (nSPS) is 11.9. The van der Waals surface area contributed by atoms with Gasteiger partial charge in [0.25, 0.3) is 0 Å². The summed E-state index contributed by atoms with van der Waals surface area (Å²) in [6, 6.07) is 65.6. The van der Waals surface area contributed by atoms with E-state index in [-0.39, 0.29) is 0 Å². The van der Waals surface area contributed by atoms with E-state index in [1.54, 1.807) is 0 Å². The molecule has 1 aliphatic rings. The monoisotopic (exact) mass is 888 g/mol. The fourth-order valence-corrected chi connectivity index (χ4v) is 10.7. The predicted molar refractivity (Wildman–Crippen MR) is 304 cm³/mol. The van der Waals surface area contributed by atoms with Crippen LogP contribution < -0.4 is 0 Å². The quantitative estimate of drug-likeness (QED) is 0.115.